The molecular weight excluding hydrogens is 302 g/mol. The predicted molar refractivity (Wildman–Crippen MR) is 83.5 cm³/mol. The summed E-state index contributed by atoms with van der Waals surface area (Å²) in [6.07, 6.45) is 1.34. The monoisotopic (exact) mass is 315 g/mol. The van der Waals surface area contributed by atoms with Crippen LogP contribution in [-0.2, 0) is 4.74 Å². The van der Waals surface area contributed by atoms with E-state index in [1.165, 1.54) is 22.2 Å². The van der Waals surface area contributed by atoms with Gasteiger partial charge in [0.15, 0.2) is 0 Å². The molecule has 0 aliphatic carbocycles. The number of H-pyrrole nitrogens is 1. The van der Waals surface area contributed by atoms with Crippen molar-refractivity contribution in [3.8, 4) is 16.4 Å². The molecule has 0 unspecified atom stereocenters. The van der Waals surface area contributed by atoms with Crippen LogP contribution in [0.3, 0.4) is 0 Å². The Morgan fingerprint density at radius 3 is 2.86 bits per heavy atom. The standard InChI is InChI=1S/C15H13N3O3S/c1-2-21-14(20)11-8-16-18(13(11)19)15-17-12(9-22-15)10-6-4-3-5-7-10/h3-9,16H,2H2,1H3. The second-order valence-corrected chi connectivity index (χ2v) is 5.27. The molecule has 1 N–H and O–H groups in total. The van der Waals surface area contributed by atoms with Crippen LogP contribution in [0.2, 0.25) is 0 Å². The number of thiazole rings is 1. The molecule has 2 heterocycles. The van der Waals surface area contributed by atoms with Crippen molar-refractivity contribution in [2.24, 2.45) is 0 Å². The zero-order valence-electron chi connectivity index (χ0n) is 11.8. The average molecular weight is 315 g/mol. The second kappa shape index (κ2) is 5.98. The summed E-state index contributed by atoms with van der Waals surface area (Å²) in [5.74, 6) is -0.637. The summed E-state index contributed by atoms with van der Waals surface area (Å²) in [6, 6.07) is 9.67. The number of nitrogens with zero attached hydrogens (tertiary/aromatic N) is 2. The van der Waals surface area contributed by atoms with Crippen LogP contribution in [0.25, 0.3) is 16.4 Å². The van der Waals surface area contributed by atoms with E-state index in [1.54, 1.807) is 6.92 Å². The van der Waals surface area contributed by atoms with Crippen molar-refractivity contribution in [2.45, 2.75) is 6.92 Å². The number of benzene rings is 1. The maximum absolute atomic E-state index is 12.2. The van der Waals surface area contributed by atoms with Crippen molar-refractivity contribution in [2.75, 3.05) is 6.61 Å². The zero-order chi connectivity index (χ0) is 15.5. The van der Waals surface area contributed by atoms with Crippen LogP contribution in [0.4, 0.5) is 0 Å². The zero-order valence-corrected chi connectivity index (χ0v) is 12.6. The van der Waals surface area contributed by atoms with Gasteiger partial charge in [0.25, 0.3) is 5.56 Å². The first-order valence-corrected chi connectivity index (χ1v) is 7.57. The highest BCUT2D eigenvalue weighted by atomic mass is 32.1. The van der Waals surface area contributed by atoms with Gasteiger partial charge in [-0.15, -0.1) is 11.3 Å². The third-order valence-corrected chi connectivity index (χ3v) is 3.85. The molecule has 0 amide bonds. The van der Waals surface area contributed by atoms with Gasteiger partial charge in [-0.25, -0.2) is 9.78 Å². The van der Waals surface area contributed by atoms with Crippen LogP contribution in [0.1, 0.15) is 17.3 Å². The fraction of sp³-hybridized carbons (Fsp3) is 0.133. The van der Waals surface area contributed by atoms with Crippen molar-refractivity contribution in [1.29, 1.82) is 0 Å². The molecule has 3 aromatic rings. The van der Waals surface area contributed by atoms with Crippen LogP contribution in [0.15, 0.2) is 46.7 Å². The van der Waals surface area contributed by atoms with Crippen molar-refractivity contribution in [1.82, 2.24) is 14.8 Å². The Labute approximate surface area is 130 Å². The van der Waals surface area contributed by atoms with Crippen LogP contribution < -0.4 is 5.56 Å². The topological polar surface area (TPSA) is 77.0 Å². The molecule has 0 radical (unpaired) electrons. The summed E-state index contributed by atoms with van der Waals surface area (Å²) in [7, 11) is 0. The van der Waals surface area contributed by atoms with Crippen molar-refractivity contribution in [3.05, 3.63) is 57.8 Å². The molecular formula is C15H13N3O3S. The lowest BCUT2D eigenvalue weighted by Gasteiger charge is -1.97. The third kappa shape index (κ3) is 2.58. The molecule has 0 aliphatic rings. The van der Waals surface area contributed by atoms with Gasteiger partial charge in [0.2, 0.25) is 5.13 Å². The molecule has 22 heavy (non-hydrogen) atoms. The van der Waals surface area contributed by atoms with E-state index in [1.807, 2.05) is 35.7 Å². The van der Waals surface area contributed by atoms with Gasteiger partial charge in [-0.2, -0.15) is 4.68 Å². The Morgan fingerprint density at radius 1 is 1.36 bits per heavy atom. The van der Waals surface area contributed by atoms with E-state index in [0.29, 0.717) is 5.13 Å². The lowest BCUT2D eigenvalue weighted by Crippen LogP contribution is -2.21. The molecule has 0 saturated carbocycles. The number of rotatable bonds is 4. The SMILES string of the molecule is CCOC(=O)c1c[nH]n(-c2nc(-c3ccccc3)cs2)c1=O. The molecule has 0 fully saturated rings. The first-order valence-electron chi connectivity index (χ1n) is 6.69. The van der Waals surface area contributed by atoms with Crippen LogP contribution in [0, 0.1) is 0 Å². The lowest BCUT2D eigenvalue weighted by atomic mass is 10.2. The first-order chi connectivity index (χ1) is 10.7. The number of hydrogen-bond donors (Lipinski definition) is 1. The van der Waals surface area contributed by atoms with Gasteiger partial charge in [0.05, 0.1) is 12.3 Å². The number of carbonyl (C=O) groups excluding carboxylic acids is 1. The molecule has 112 valence electrons. The van der Waals surface area contributed by atoms with Gasteiger partial charge in [0.1, 0.15) is 5.56 Å². The average Bonchev–Trinajstić information content (AvgIpc) is 3.15. The number of nitrogens with one attached hydrogen (secondary N) is 1. The summed E-state index contributed by atoms with van der Waals surface area (Å²) >= 11 is 1.32. The minimum atomic E-state index is -0.637. The highest BCUT2D eigenvalue weighted by molar-refractivity contribution is 7.12. The molecule has 0 aliphatic heterocycles. The summed E-state index contributed by atoms with van der Waals surface area (Å²) in [5.41, 5.74) is 1.25. The maximum Gasteiger partial charge on any atom is 0.345 e. The highest BCUT2D eigenvalue weighted by Crippen LogP contribution is 2.22. The number of carbonyl (C=O) groups is 1. The van der Waals surface area contributed by atoms with Gasteiger partial charge in [-0.3, -0.25) is 9.89 Å². The molecule has 0 spiro atoms. The fourth-order valence-electron chi connectivity index (χ4n) is 1.98. The van der Waals surface area contributed by atoms with Gasteiger partial charge < -0.3 is 4.74 Å². The van der Waals surface area contributed by atoms with Crippen molar-refractivity contribution >= 4 is 17.3 Å². The number of aromatic amines is 1. The van der Waals surface area contributed by atoms with Crippen molar-refractivity contribution in [3.63, 3.8) is 0 Å². The number of hydrogen-bond acceptors (Lipinski definition) is 5. The van der Waals surface area contributed by atoms with E-state index in [2.05, 4.69) is 10.1 Å². The van der Waals surface area contributed by atoms with Crippen LogP contribution >= 0.6 is 11.3 Å². The molecule has 2 aromatic heterocycles. The predicted octanol–water partition coefficient (Wildman–Crippen LogP) is 2.47. The first kappa shape index (κ1) is 14.3. The van der Waals surface area contributed by atoms with E-state index >= 15 is 0 Å². The quantitative estimate of drug-likeness (QED) is 0.750. The molecule has 0 bridgehead atoms. The minimum Gasteiger partial charge on any atom is -0.462 e. The molecule has 6 nitrogen and oxygen atoms in total. The van der Waals surface area contributed by atoms with Gasteiger partial charge in [-0.05, 0) is 6.92 Å². The Balaban J connectivity index is 1.95. The normalized spacial score (nSPS) is 10.6. The maximum atomic E-state index is 12.2. The van der Waals surface area contributed by atoms with Crippen LogP contribution in [-0.4, -0.2) is 27.3 Å². The molecule has 3 rings (SSSR count). The number of esters is 1. The smallest absolute Gasteiger partial charge is 0.345 e. The van der Waals surface area contributed by atoms with Gasteiger partial charge >= 0.3 is 5.97 Å². The van der Waals surface area contributed by atoms with E-state index < -0.39 is 11.5 Å². The summed E-state index contributed by atoms with van der Waals surface area (Å²) in [6.45, 7) is 1.91. The summed E-state index contributed by atoms with van der Waals surface area (Å²) in [4.78, 5) is 28.3. The minimum absolute atomic E-state index is 0.0293. The van der Waals surface area contributed by atoms with Gasteiger partial charge in [-0.1, -0.05) is 30.3 Å². The molecule has 0 saturated heterocycles. The Morgan fingerprint density at radius 2 is 2.14 bits per heavy atom. The van der Waals surface area contributed by atoms with E-state index in [4.69, 9.17) is 4.74 Å². The Kier molecular flexibility index (Phi) is 3.88. The number of aromatic nitrogens is 3. The number of ether oxygens (including phenoxy) is 1. The Bertz CT molecular complexity index is 848. The second-order valence-electron chi connectivity index (χ2n) is 4.43. The molecule has 1 aromatic carbocycles. The molecule has 7 heteroatoms. The molecule has 0 atom stereocenters. The van der Waals surface area contributed by atoms with E-state index in [9.17, 15) is 9.59 Å². The fourth-order valence-corrected chi connectivity index (χ4v) is 2.77. The largest absolute Gasteiger partial charge is 0.462 e. The summed E-state index contributed by atoms with van der Waals surface area (Å²) < 4.78 is 6.08. The third-order valence-electron chi connectivity index (χ3n) is 3.02. The van der Waals surface area contributed by atoms with E-state index in [0.717, 1.165) is 11.3 Å². The summed E-state index contributed by atoms with van der Waals surface area (Å²) in [5, 5.41) is 5.08. The van der Waals surface area contributed by atoms with Gasteiger partial charge in [0, 0.05) is 17.1 Å². The van der Waals surface area contributed by atoms with Crippen LogP contribution in [0.5, 0.6) is 0 Å². The Hall–Kier alpha value is -2.67. The van der Waals surface area contributed by atoms with E-state index in [-0.39, 0.29) is 12.2 Å². The van der Waals surface area contributed by atoms with Crippen molar-refractivity contribution < 1.29 is 9.53 Å². The lowest BCUT2D eigenvalue weighted by molar-refractivity contribution is 0.0525. The highest BCUT2D eigenvalue weighted by Gasteiger charge is 2.18.